The molecule has 2 aliphatic rings. The van der Waals surface area contributed by atoms with Crippen molar-refractivity contribution in [1.29, 1.82) is 0 Å². The molecule has 2 heterocycles. The van der Waals surface area contributed by atoms with Gasteiger partial charge in [0, 0.05) is 38.5 Å². The highest BCUT2D eigenvalue weighted by Crippen LogP contribution is 2.39. The minimum absolute atomic E-state index is 0.202. The molecule has 1 saturated carbocycles. The zero-order valence-electron chi connectivity index (χ0n) is 14.3. The number of rotatable bonds is 7. The van der Waals surface area contributed by atoms with Crippen LogP contribution in [0.15, 0.2) is 6.07 Å². The van der Waals surface area contributed by atoms with E-state index in [0.717, 1.165) is 44.1 Å². The van der Waals surface area contributed by atoms with Crippen molar-refractivity contribution in [2.75, 3.05) is 33.4 Å². The standard InChI is InChI=1S/C17H28N4O2/c1-13(21-7-9-23-10-8-21)3-6-17(22)20(2)12-15-11-16(19-18-15)14-4-5-14/h11,13-14H,3-10,12H2,1-2H3,(H,18,19)/t13-/m1/s1. The molecule has 1 aliphatic carbocycles. The first-order valence-corrected chi connectivity index (χ1v) is 8.73. The second kappa shape index (κ2) is 7.45. The van der Waals surface area contributed by atoms with Crippen molar-refractivity contribution in [3.63, 3.8) is 0 Å². The molecule has 0 bridgehead atoms. The van der Waals surface area contributed by atoms with Gasteiger partial charge in [-0.25, -0.2) is 0 Å². The highest BCUT2D eigenvalue weighted by Gasteiger charge is 2.26. The van der Waals surface area contributed by atoms with Crippen LogP contribution in [0, 0.1) is 0 Å². The molecule has 1 saturated heterocycles. The summed E-state index contributed by atoms with van der Waals surface area (Å²) < 4.78 is 5.38. The fourth-order valence-corrected chi connectivity index (χ4v) is 3.12. The molecule has 128 valence electrons. The molecule has 6 heteroatoms. The first-order chi connectivity index (χ1) is 11.1. The van der Waals surface area contributed by atoms with Crippen molar-refractivity contribution in [3.8, 4) is 0 Å². The van der Waals surface area contributed by atoms with Crippen LogP contribution in [0.25, 0.3) is 0 Å². The highest BCUT2D eigenvalue weighted by atomic mass is 16.5. The van der Waals surface area contributed by atoms with Gasteiger partial charge in [0.25, 0.3) is 0 Å². The lowest BCUT2D eigenvalue weighted by molar-refractivity contribution is -0.130. The first kappa shape index (κ1) is 16.5. The number of aromatic nitrogens is 2. The average molecular weight is 320 g/mol. The maximum Gasteiger partial charge on any atom is 0.222 e. The number of aromatic amines is 1. The van der Waals surface area contributed by atoms with Crippen molar-refractivity contribution in [3.05, 3.63) is 17.5 Å². The van der Waals surface area contributed by atoms with Crippen LogP contribution in [0.5, 0.6) is 0 Å². The number of hydrogen-bond donors (Lipinski definition) is 1. The number of amides is 1. The number of hydrogen-bond acceptors (Lipinski definition) is 4. The predicted molar refractivity (Wildman–Crippen MR) is 88.1 cm³/mol. The van der Waals surface area contributed by atoms with Crippen LogP contribution < -0.4 is 0 Å². The lowest BCUT2D eigenvalue weighted by atomic mass is 10.1. The Labute approximate surface area is 138 Å². The van der Waals surface area contributed by atoms with Gasteiger partial charge >= 0.3 is 0 Å². The molecule has 1 aromatic heterocycles. The number of nitrogens with zero attached hydrogens (tertiary/aromatic N) is 3. The molecule has 1 N–H and O–H groups in total. The van der Waals surface area contributed by atoms with Gasteiger partial charge in [-0.05, 0) is 32.3 Å². The smallest absolute Gasteiger partial charge is 0.222 e. The van der Waals surface area contributed by atoms with E-state index in [4.69, 9.17) is 4.74 Å². The third-order valence-corrected chi connectivity index (χ3v) is 4.92. The van der Waals surface area contributed by atoms with E-state index >= 15 is 0 Å². The fourth-order valence-electron chi connectivity index (χ4n) is 3.12. The predicted octanol–water partition coefficient (Wildman–Crippen LogP) is 1.75. The molecule has 23 heavy (non-hydrogen) atoms. The van der Waals surface area contributed by atoms with Crippen molar-refractivity contribution < 1.29 is 9.53 Å². The number of carbonyl (C=O) groups is 1. The van der Waals surface area contributed by atoms with Crippen LogP contribution in [0.2, 0.25) is 0 Å². The maximum atomic E-state index is 12.3. The molecule has 1 aliphatic heterocycles. The molecule has 3 rings (SSSR count). The Bertz CT molecular complexity index is 520. The fraction of sp³-hybridized carbons (Fsp3) is 0.765. The van der Waals surface area contributed by atoms with Crippen LogP contribution in [-0.4, -0.2) is 65.3 Å². The number of nitrogens with one attached hydrogen (secondary N) is 1. The molecular weight excluding hydrogens is 292 g/mol. The molecule has 1 atom stereocenters. The Morgan fingerprint density at radius 1 is 1.48 bits per heavy atom. The Morgan fingerprint density at radius 2 is 2.22 bits per heavy atom. The van der Waals surface area contributed by atoms with Crippen molar-refractivity contribution in [1.82, 2.24) is 20.0 Å². The number of ether oxygens (including phenoxy) is 1. The molecule has 0 aromatic carbocycles. The van der Waals surface area contributed by atoms with Gasteiger partial charge in [0.1, 0.15) is 0 Å². The van der Waals surface area contributed by atoms with E-state index in [1.807, 2.05) is 7.05 Å². The molecule has 6 nitrogen and oxygen atoms in total. The zero-order valence-corrected chi connectivity index (χ0v) is 14.3. The van der Waals surface area contributed by atoms with Crippen molar-refractivity contribution in [2.45, 2.75) is 51.1 Å². The normalized spacial score (nSPS) is 20.4. The van der Waals surface area contributed by atoms with Gasteiger partial charge in [-0.2, -0.15) is 5.10 Å². The minimum Gasteiger partial charge on any atom is -0.379 e. The molecule has 1 amide bonds. The summed E-state index contributed by atoms with van der Waals surface area (Å²) in [5, 5.41) is 7.41. The summed E-state index contributed by atoms with van der Waals surface area (Å²) in [6.07, 6.45) is 4.00. The summed E-state index contributed by atoms with van der Waals surface area (Å²) in [5.41, 5.74) is 2.19. The molecule has 1 aromatic rings. The Hall–Kier alpha value is -1.40. The summed E-state index contributed by atoms with van der Waals surface area (Å²) in [7, 11) is 1.87. The molecule has 0 radical (unpaired) electrons. The largest absolute Gasteiger partial charge is 0.379 e. The van der Waals surface area contributed by atoms with Crippen molar-refractivity contribution >= 4 is 5.91 Å². The second-order valence-electron chi connectivity index (χ2n) is 6.88. The van der Waals surface area contributed by atoms with E-state index < -0.39 is 0 Å². The number of carbonyl (C=O) groups excluding carboxylic acids is 1. The average Bonchev–Trinajstić information content (AvgIpc) is 3.33. The molecular formula is C17H28N4O2. The third-order valence-electron chi connectivity index (χ3n) is 4.92. The van der Waals surface area contributed by atoms with Gasteiger partial charge in [0.05, 0.1) is 31.1 Å². The van der Waals surface area contributed by atoms with Crippen LogP contribution in [0.3, 0.4) is 0 Å². The summed E-state index contributed by atoms with van der Waals surface area (Å²) in [5.74, 6) is 0.850. The minimum atomic E-state index is 0.202. The maximum absolute atomic E-state index is 12.3. The number of morpholine rings is 1. The van der Waals surface area contributed by atoms with Crippen LogP contribution in [0.1, 0.15) is 49.9 Å². The Balaban J connectivity index is 1.41. The SMILES string of the molecule is C[C@H](CCC(=O)N(C)Cc1cc(C2CC2)n[nH]1)N1CCOCC1. The monoisotopic (exact) mass is 320 g/mol. The molecule has 0 unspecified atom stereocenters. The van der Waals surface area contributed by atoms with Gasteiger partial charge in [-0.3, -0.25) is 14.8 Å². The summed E-state index contributed by atoms with van der Waals surface area (Å²) in [4.78, 5) is 16.5. The van der Waals surface area contributed by atoms with E-state index in [2.05, 4.69) is 28.1 Å². The molecule has 0 spiro atoms. The van der Waals surface area contributed by atoms with Gasteiger partial charge in [-0.1, -0.05) is 0 Å². The van der Waals surface area contributed by atoms with Gasteiger partial charge in [-0.15, -0.1) is 0 Å². The van der Waals surface area contributed by atoms with E-state index in [-0.39, 0.29) is 5.91 Å². The Kier molecular flexibility index (Phi) is 5.33. The van der Waals surface area contributed by atoms with Crippen LogP contribution >= 0.6 is 0 Å². The Morgan fingerprint density at radius 3 is 2.91 bits per heavy atom. The third kappa shape index (κ3) is 4.54. The van der Waals surface area contributed by atoms with Gasteiger partial charge < -0.3 is 9.64 Å². The van der Waals surface area contributed by atoms with Gasteiger partial charge in [0.2, 0.25) is 5.91 Å². The summed E-state index contributed by atoms with van der Waals surface area (Å²) in [6.45, 7) is 6.38. The summed E-state index contributed by atoms with van der Waals surface area (Å²) >= 11 is 0. The second-order valence-corrected chi connectivity index (χ2v) is 6.88. The van der Waals surface area contributed by atoms with Crippen LogP contribution in [-0.2, 0) is 16.1 Å². The van der Waals surface area contributed by atoms with E-state index in [0.29, 0.717) is 24.9 Å². The zero-order chi connectivity index (χ0) is 16.2. The van der Waals surface area contributed by atoms with Crippen LogP contribution in [0.4, 0.5) is 0 Å². The van der Waals surface area contributed by atoms with Crippen molar-refractivity contribution in [2.24, 2.45) is 0 Å². The van der Waals surface area contributed by atoms with E-state index in [9.17, 15) is 4.79 Å². The molecule has 2 fully saturated rings. The van der Waals surface area contributed by atoms with E-state index in [1.54, 1.807) is 4.90 Å². The topological polar surface area (TPSA) is 61.5 Å². The lowest BCUT2D eigenvalue weighted by Gasteiger charge is -2.32. The first-order valence-electron chi connectivity index (χ1n) is 8.73. The van der Waals surface area contributed by atoms with Gasteiger partial charge in [0.15, 0.2) is 0 Å². The quantitative estimate of drug-likeness (QED) is 0.831. The summed E-state index contributed by atoms with van der Waals surface area (Å²) in [6, 6.07) is 2.54. The van der Waals surface area contributed by atoms with E-state index in [1.165, 1.54) is 12.8 Å². The highest BCUT2D eigenvalue weighted by molar-refractivity contribution is 5.75. The number of H-pyrrole nitrogens is 1. The lowest BCUT2D eigenvalue weighted by Crippen LogP contribution is -2.42.